The van der Waals surface area contributed by atoms with Gasteiger partial charge in [-0.2, -0.15) is 0 Å². The number of nitrogens with zero attached hydrogens (tertiary/aromatic N) is 1. The van der Waals surface area contributed by atoms with Gasteiger partial charge in [0.25, 0.3) is 5.91 Å². The van der Waals surface area contributed by atoms with E-state index in [1.165, 1.54) is 0 Å². The molecule has 1 N–H and O–H groups in total. The van der Waals surface area contributed by atoms with Crippen molar-refractivity contribution in [2.24, 2.45) is 0 Å². The Bertz CT molecular complexity index is 345. The standard InChI is InChI=1S/C12H18N2O/c1-8(2)10-5-11(7-13-6-10)12(15)14-9(3)4/h5-9H,1-4H3,(H,14,15). The van der Waals surface area contributed by atoms with Gasteiger partial charge in [0.2, 0.25) is 0 Å². The first kappa shape index (κ1) is 11.7. The summed E-state index contributed by atoms with van der Waals surface area (Å²) in [5.74, 6) is 0.337. The molecule has 0 aliphatic rings. The fraction of sp³-hybridized carbons (Fsp3) is 0.500. The third-order valence-electron chi connectivity index (χ3n) is 2.11. The van der Waals surface area contributed by atoms with Crippen LogP contribution < -0.4 is 5.32 Å². The highest BCUT2D eigenvalue weighted by molar-refractivity contribution is 5.94. The first-order valence-corrected chi connectivity index (χ1v) is 5.26. The number of amides is 1. The zero-order chi connectivity index (χ0) is 11.4. The molecule has 0 aliphatic heterocycles. The van der Waals surface area contributed by atoms with Crippen molar-refractivity contribution in [3.63, 3.8) is 0 Å². The average Bonchev–Trinajstić information content (AvgIpc) is 2.17. The number of aromatic nitrogens is 1. The molecule has 0 aliphatic carbocycles. The summed E-state index contributed by atoms with van der Waals surface area (Å²) in [6.07, 6.45) is 3.40. The molecule has 0 bridgehead atoms. The SMILES string of the molecule is CC(C)NC(=O)c1cncc(C(C)C)c1. The molecule has 15 heavy (non-hydrogen) atoms. The first-order chi connectivity index (χ1) is 7.00. The molecule has 0 spiro atoms. The average molecular weight is 206 g/mol. The molecular formula is C12H18N2O. The predicted molar refractivity (Wildman–Crippen MR) is 60.9 cm³/mol. The van der Waals surface area contributed by atoms with Gasteiger partial charge in [0, 0.05) is 18.4 Å². The van der Waals surface area contributed by atoms with E-state index in [0.717, 1.165) is 5.56 Å². The zero-order valence-corrected chi connectivity index (χ0v) is 9.74. The molecule has 0 aromatic carbocycles. The van der Waals surface area contributed by atoms with Crippen LogP contribution in [0.25, 0.3) is 0 Å². The van der Waals surface area contributed by atoms with E-state index in [4.69, 9.17) is 0 Å². The zero-order valence-electron chi connectivity index (χ0n) is 9.74. The van der Waals surface area contributed by atoms with Gasteiger partial charge in [-0.05, 0) is 31.4 Å². The van der Waals surface area contributed by atoms with E-state index in [2.05, 4.69) is 24.1 Å². The molecule has 0 atom stereocenters. The van der Waals surface area contributed by atoms with Gasteiger partial charge in [-0.3, -0.25) is 9.78 Å². The van der Waals surface area contributed by atoms with Gasteiger partial charge in [0.05, 0.1) is 5.56 Å². The normalized spacial score (nSPS) is 10.8. The number of nitrogens with one attached hydrogen (secondary N) is 1. The summed E-state index contributed by atoms with van der Waals surface area (Å²) in [6, 6.07) is 2.05. The van der Waals surface area contributed by atoms with Crippen LogP contribution in [0.2, 0.25) is 0 Å². The van der Waals surface area contributed by atoms with Crippen LogP contribution in [-0.4, -0.2) is 16.9 Å². The lowest BCUT2D eigenvalue weighted by Crippen LogP contribution is -2.30. The fourth-order valence-corrected chi connectivity index (χ4v) is 1.24. The minimum absolute atomic E-state index is 0.0556. The highest BCUT2D eigenvalue weighted by Crippen LogP contribution is 2.13. The molecule has 3 heteroatoms. The minimum atomic E-state index is -0.0556. The van der Waals surface area contributed by atoms with E-state index in [0.29, 0.717) is 11.5 Å². The van der Waals surface area contributed by atoms with E-state index in [9.17, 15) is 4.79 Å². The maximum absolute atomic E-state index is 11.7. The summed E-state index contributed by atoms with van der Waals surface area (Å²) in [4.78, 5) is 15.8. The molecule has 0 fully saturated rings. The third-order valence-corrected chi connectivity index (χ3v) is 2.11. The van der Waals surface area contributed by atoms with Crippen LogP contribution in [-0.2, 0) is 0 Å². The Morgan fingerprint density at radius 3 is 2.47 bits per heavy atom. The number of carbonyl (C=O) groups excluding carboxylic acids is 1. The molecular weight excluding hydrogens is 188 g/mol. The van der Waals surface area contributed by atoms with Crippen molar-refractivity contribution in [3.8, 4) is 0 Å². The van der Waals surface area contributed by atoms with Crippen molar-refractivity contribution in [2.75, 3.05) is 0 Å². The van der Waals surface area contributed by atoms with Crippen molar-refractivity contribution in [3.05, 3.63) is 29.6 Å². The molecule has 1 aromatic rings. The van der Waals surface area contributed by atoms with E-state index < -0.39 is 0 Å². The molecule has 1 rings (SSSR count). The van der Waals surface area contributed by atoms with Crippen LogP contribution in [0.1, 0.15) is 49.5 Å². The number of hydrogen-bond acceptors (Lipinski definition) is 2. The molecule has 0 unspecified atom stereocenters. The van der Waals surface area contributed by atoms with Crippen molar-refractivity contribution < 1.29 is 4.79 Å². The van der Waals surface area contributed by atoms with Gasteiger partial charge in [0.1, 0.15) is 0 Å². The molecule has 1 aromatic heterocycles. The van der Waals surface area contributed by atoms with Crippen LogP contribution in [0.4, 0.5) is 0 Å². The molecule has 1 amide bonds. The van der Waals surface area contributed by atoms with E-state index >= 15 is 0 Å². The lowest BCUT2D eigenvalue weighted by Gasteiger charge is -2.10. The van der Waals surface area contributed by atoms with E-state index in [1.54, 1.807) is 12.4 Å². The number of pyridine rings is 1. The van der Waals surface area contributed by atoms with Gasteiger partial charge in [-0.15, -0.1) is 0 Å². The second kappa shape index (κ2) is 4.91. The molecule has 0 radical (unpaired) electrons. The van der Waals surface area contributed by atoms with Crippen molar-refractivity contribution in [1.82, 2.24) is 10.3 Å². The minimum Gasteiger partial charge on any atom is -0.350 e. The Hall–Kier alpha value is -1.38. The Balaban J connectivity index is 2.85. The van der Waals surface area contributed by atoms with E-state index in [1.807, 2.05) is 19.9 Å². The van der Waals surface area contributed by atoms with E-state index in [-0.39, 0.29) is 11.9 Å². The second-order valence-corrected chi connectivity index (χ2v) is 4.29. The highest BCUT2D eigenvalue weighted by atomic mass is 16.1. The number of rotatable bonds is 3. The third kappa shape index (κ3) is 3.35. The lowest BCUT2D eigenvalue weighted by molar-refractivity contribution is 0.0942. The fourth-order valence-electron chi connectivity index (χ4n) is 1.24. The van der Waals surface area contributed by atoms with Crippen molar-refractivity contribution >= 4 is 5.91 Å². The smallest absolute Gasteiger partial charge is 0.253 e. The van der Waals surface area contributed by atoms with Crippen LogP contribution in [0.3, 0.4) is 0 Å². The predicted octanol–water partition coefficient (Wildman–Crippen LogP) is 2.34. The van der Waals surface area contributed by atoms with Gasteiger partial charge in [-0.25, -0.2) is 0 Å². The molecule has 0 saturated carbocycles. The van der Waals surface area contributed by atoms with Gasteiger partial charge in [0.15, 0.2) is 0 Å². The first-order valence-electron chi connectivity index (χ1n) is 5.26. The van der Waals surface area contributed by atoms with Crippen LogP contribution in [0.5, 0.6) is 0 Å². The summed E-state index contributed by atoms with van der Waals surface area (Å²) in [5, 5.41) is 2.85. The highest BCUT2D eigenvalue weighted by Gasteiger charge is 2.09. The second-order valence-electron chi connectivity index (χ2n) is 4.29. The molecule has 0 saturated heterocycles. The van der Waals surface area contributed by atoms with Crippen LogP contribution in [0.15, 0.2) is 18.5 Å². The van der Waals surface area contributed by atoms with Gasteiger partial charge in [-0.1, -0.05) is 13.8 Å². The van der Waals surface area contributed by atoms with Crippen molar-refractivity contribution in [1.29, 1.82) is 0 Å². The molecule has 1 heterocycles. The molecule has 82 valence electrons. The number of hydrogen-bond donors (Lipinski definition) is 1. The maximum atomic E-state index is 11.7. The Morgan fingerprint density at radius 2 is 1.93 bits per heavy atom. The van der Waals surface area contributed by atoms with Crippen molar-refractivity contribution in [2.45, 2.75) is 39.7 Å². The Morgan fingerprint density at radius 1 is 1.27 bits per heavy atom. The lowest BCUT2D eigenvalue weighted by atomic mass is 10.0. The van der Waals surface area contributed by atoms with Gasteiger partial charge >= 0.3 is 0 Å². The molecule has 3 nitrogen and oxygen atoms in total. The topological polar surface area (TPSA) is 42.0 Å². The summed E-state index contributed by atoms with van der Waals surface area (Å²) < 4.78 is 0. The summed E-state index contributed by atoms with van der Waals surface area (Å²) >= 11 is 0. The van der Waals surface area contributed by atoms with Gasteiger partial charge < -0.3 is 5.32 Å². The van der Waals surface area contributed by atoms with Crippen LogP contribution in [0, 0.1) is 0 Å². The summed E-state index contributed by atoms with van der Waals surface area (Å²) in [7, 11) is 0. The largest absolute Gasteiger partial charge is 0.350 e. The maximum Gasteiger partial charge on any atom is 0.253 e. The quantitative estimate of drug-likeness (QED) is 0.824. The monoisotopic (exact) mass is 206 g/mol. The summed E-state index contributed by atoms with van der Waals surface area (Å²) in [5.41, 5.74) is 1.72. The Labute approximate surface area is 90.9 Å². The number of carbonyl (C=O) groups is 1. The summed E-state index contributed by atoms with van der Waals surface area (Å²) in [6.45, 7) is 8.05. The van der Waals surface area contributed by atoms with Crippen LogP contribution >= 0.6 is 0 Å². The Kier molecular flexibility index (Phi) is 3.83.